The summed E-state index contributed by atoms with van der Waals surface area (Å²) in [6, 6.07) is 3.62. The van der Waals surface area contributed by atoms with Crippen molar-refractivity contribution in [2.24, 2.45) is 0 Å². The second-order valence-corrected chi connectivity index (χ2v) is 2.52. The van der Waals surface area contributed by atoms with E-state index >= 15 is 0 Å². The molecule has 0 saturated carbocycles. The van der Waals surface area contributed by atoms with Crippen molar-refractivity contribution in [3.05, 3.63) is 29.5 Å². The molecule has 1 aromatic heterocycles. The van der Waals surface area contributed by atoms with Gasteiger partial charge in [0.1, 0.15) is 6.29 Å². The van der Waals surface area contributed by atoms with E-state index in [0.717, 1.165) is 17.5 Å². The minimum Gasteiger partial charge on any atom is -0.481 e. The van der Waals surface area contributed by atoms with Crippen molar-refractivity contribution in [3.8, 4) is 5.88 Å². The zero-order valence-electron chi connectivity index (χ0n) is 7.65. The fourth-order valence-electron chi connectivity index (χ4n) is 0.982. The molecule has 0 N–H and O–H groups in total. The lowest BCUT2D eigenvalue weighted by Gasteiger charge is -2.02. The summed E-state index contributed by atoms with van der Waals surface area (Å²) < 4.78 is 4.95. The molecule has 1 heterocycles. The molecule has 0 amide bonds. The van der Waals surface area contributed by atoms with Gasteiger partial charge in [-0.25, -0.2) is 4.98 Å². The topological polar surface area (TPSA) is 39.2 Å². The summed E-state index contributed by atoms with van der Waals surface area (Å²) in [6.07, 6.45) is 3.90. The van der Waals surface area contributed by atoms with Crippen LogP contribution >= 0.6 is 0 Å². The first-order chi connectivity index (χ1) is 6.27. The maximum Gasteiger partial charge on any atom is 0.213 e. The average molecular weight is 177 g/mol. The number of aromatic nitrogens is 1. The van der Waals surface area contributed by atoms with Gasteiger partial charge in [-0.05, 0) is 30.7 Å². The highest BCUT2D eigenvalue weighted by atomic mass is 16.5. The molecule has 0 fully saturated rings. The fourth-order valence-corrected chi connectivity index (χ4v) is 0.982. The van der Waals surface area contributed by atoms with Crippen LogP contribution in [0.1, 0.15) is 11.3 Å². The fraction of sp³-hybridized carbons (Fsp3) is 0.200. The van der Waals surface area contributed by atoms with E-state index in [1.165, 1.54) is 6.08 Å². The maximum absolute atomic E-state index is 10.1. The normalized spacial score (nSPS) is 10.3. The second kappa shape index (κ2) is 4.40. The van der Waals surface area contributed by atoms with E-state index in [0.29, 0.717) is 5.88 Å². The first-order valence-electron chi connectivity index (χ1n) is 3.91. The Morgan fingerprint density at radius 2 is 2.23 bits per heavy atom. The number of ether oxygens (including phenoxy) is 1. The molecule has 0 aliphatic rings. The number of allylic oxidation sites excluding steroid dienone is 1. The van der Waals surface area contributed by atoms with Crippen LogP contribution < -0.4 is 4.74 Å². The van der Waals surface area contributed by atoms with Gasteiger partial charge in [0.25, 0.3) is 0 Å². The molecule has 0 spiro atoms. The second-order valence-electron chi connectivity index (χ2n) is 2.52. The van der Waals surface area contributed by atoms with Gasteiger partial charge in [-0.2, -0.15) is 0 Å². The molecular formula is C10H11NO2. The Balaban J connectivity index is 2.98. The van der Waals surface area contributed by atoms with Gasteiger partial charge in [-0.3, -0.25) is 4.79 Å². The summed E-state index contributed by atoms with van der Waals surface area (Å²) in [5, 5.41) is 0. The number of aryl methyl sites for hydroxylation is 1. The van der Waals surface area contributed by atoms with Crippen LogP contribution in [0.25, 0.3) is 6.08 Å². The average Bonchev–Trinajstić information content (AvgIpc) is 2.16. The Labute approximate surface area is 77.1 Å². The van der Waals surface area contributed by atoms with Crippen molar-refractivity contribution >= 4 is 12.4 Å². The van der Waals surface area contributed by atoms with E-state index in [-0.39, 0.29) is 0 Å². The number of hydrogen-bond acceptors (Lipinski definition) is 3. The lowest BCUT2D eigenvalue weighted by atomic mass is 10.2. The summed E-state index contributed by atoms with van der Waals surface area (Å²) >= 11 is 0. The van der Waals surface area contributed by atoms with Crippen molar-refractivity contribution in [3.63, 3.8) is 0 Å². The summed E-state index contributed by atoms with van der Waals surface area (Å²) in [5.74, 6) is 0.584. The van der Waals surface area contributed by atoms with Crippen LogP contribution in [0.3, 0.4) is 0 Å². The van der Waals surface area contributed by atoms with Crippen molar-refractivity contribution < 1.29 is 9.53 Å². The molecule has 1 aromatic rings. The summed E-state index contributed by atoms with van der Waals surface area (Å²) in [4.78, 5) is 14.2. The number of rotatable bonds is 3. The minimum atomic E-state index is 0.584. The van der Waals surface area contributed by atoms with Crippen molar-refractivity contribution in [1.82, 2.24) is 4.98 Å². The van der Waals surface area contributed by atoms with E-state index in [4.69, 9.17) is 4.74 Å². The predicted molar refractivity (Wildman–Crippen MR) is 50.6 cm³/mol. The van der Waals surface area contributed by atoms with E-state index < -0.39 is 0 Å². The van der Waals surface area contributed by atoms with Crippen LogP contribution in [0.15, 0.2) is 18.2 Å². The van der Waals surface area contributed by atoms with Gasteiger partial charge >= 0.3 is 0 Å². The Hall–Kier alpha value is -1.64. The third kappa shape index (κ3) is 2.40. The van der Waals surface area contributed by atoms with Crippen molar-refractivity contribution in [2.75, 3.05) is 7.11 Å². The molecule has 3 nitrogen and oxygen atoms in total. The zero-order valence-corrected chi connectivity index (χ0v) is 7.65. The third-order valence-corrected chi connectivity index (χ3v) is 1.66. The van der Waals surface area contributed by atoms with Crippen LogP contribution in [-0.2, 0) is 4.79 Å². The highest BCUT2D eigenvalue weighted by molar-refractivity contribution is 5.74. The number of carbonyl (C=O) groups excluding carboxylic acids is 1. The Bertz CT molecular complexity index is 332. The SMILES string of the molecule is COc1ccc(C=CC=O)c(C)n1. The number of pyridine rings is 1. The standard InChI is InChI=1S/C10H11NO2/c1-8-9(4-3-7-12)5-6-10(11-8)13-2/h3-7H,1-2H3. The molecular weight excluding hydrogens is 166 g/mol. The zero-order chi connectivity index (χ0) is 9.68. The molecule has 3 heteroatoms. The molecule has 0 atom stereocenters. The number of methoxy groups -OCH3 is 1. The molecule has 0 aliphatic carbocycles. The molecule has 0 aliphatic heterocycles. The van der Waals surface area contributed by atoms with Gasteiger partial charge in [-0.15, -0.1) is 0 Å². The molecule has 0 unspecified atom stereocenters. The summed E-state index contributed by atoms with van der Waals surface area (Å²) in [7, 11) is 1.57. The van der Waals surface area contributed by atoms with Gasteiger partial charge in [0.2, 0.25) is 5.88 Å². The molecule has 13 heavy (non-hydrogen) atoms. The van der Waals surface area contributed by atoms with Crippen molar-refractivity contribution in [2.45, 2.75) is 6.92 Å². The van der Waals surface area contributed by atoms with Gasteiger partial charge in [0.05, 0.1) is 7.11 Å². The van der Waals surface area contributed by atoms with Gasteiger partial charge in [-0.1, -0.05) is 0 Å². The van der Waals surface area contributed by atoms with Crippen LogP contribution in [0, 0.1) is 6.92 Å². The molecule has 68 valence electrons. The van der Waals surface area contributed by atoms with Gasteiger partial charge in [0.15, 0.2) is 0 Å². The third-order valence-electron chi connectivity index (χ3n) is 1.66. The van der Waals surface area contributed by atoms with E-state index in [1.807, 2.05) is 13.0 Å². The monoisotopic (exact) mass is 177 g/mol. The maximum atomic E-state index is 10.1. The number of aldehydes is 1. The van der Waals surface area contributed by atoms with Gasteiger partial charge < -0.3 is 4.74 Å². The van der Waals surface area contributed by atoms with E-state index in [1.54, 1.807) is 19.3 Å². The highest BCUT2D eigenvalue weighted by Gasteiger charge is 1.97. The smallest absolute Gasteiger partial charge is 0.213 e. The van der Waals surface area contributed by atoms with Crippen LogP contribution in [0.2, 0.25) is 0 Å². The lowest BCUT2D eigenvalue weighted by Crippen LogP contribution is -1.91. The highest BCUT2D eigenvalue weighted by Crippen LogP contribution is 2.12. The molecule has 0 saturated heterocycles. The van der Waals surface area contributed by atoms with E-state index in [2.05, 4.69) is 4.98 Å². The largest absolute Gasteiger partial charge is 0.481 e. The van der Waals surface area contributed by atoms with Crippen molar-refractivity contribution in [1.29, 1.82) is 0 Å². The molecule has 0 radical (unpaired) electrons. The minimum absolute atomic E-state index is 0.584. The number of hydrogen-bond donors (Lipinski definition) is 0. The number of nitrogens with zero attached hydrogens (tertiary/aromatic N) is 1. The van der Waals surface area contributed by atoms with E-state index in [9.17, 15) is 4.79 Å². The molecule has 0 bridgehead atoms. The first-order valence-corrected chi connectivity index (χ1v) is 3.91. The predicted octanol–water partition coefficient (Wildman–Crippen LogP) is 1.61. The van der Waals surface area contributed by atoms with Crippen LogP contribution in [-0.4, -0.2) is 18.4 Å². The van der Waals surface area contributed by atoms with Crippen LogP contribution in [0.4, 0.5) is 0 Å². The Kier molecular flexibility index (Phi) is 3.20. The molecule has 0 aromatic carbocycles. The number of carbonyl (C=O) groups is 1. The Morgan fingerprint density at radius 3 is 2.77 bits per heavy atom. The first kappa shape index (κ1) is 9.45. The Morgan fingerprint density at radius 1 is 1.46 bits per heavy atom. The quantitative estimate of drug-likeness (QED) is 0.520. The summed E-state index contributed by atoms with van der Waals surface area (Å²) in [6.45, 7) is 1.87. The van der Waals surface area contributed by atoms with Gasteiger partial charge in [0, 0.05) is 11.8 Å². The summed E-state index contributed by atoms with van der Waals surface area (Å²) in [5.41, 5.74) is 1.77. The van der Waals surface area contributed by atoms with Crippen LogP contribution in [0.5, 0.6) is 5.88 Å². The lowest BCUT2D eigenvalue weighted by molar-refractivity contribution is -0.104. The molecule has 1 rings (SSSR count).